The normalized spacial score (nSPS) is 16.5. The van der Waals surface area contributed by atoms with Crippen LogP contribution in [0.25, 0.3) is 0 Å². The minimum Gasteiger partial charge on any atom is -0.508 e. The van der Waals surface area contributed by atoms with Crippen molar-refractivity contribution in [2.45, 2.75) is 6.54 Å². The number of anilines is 1. The maximum Gasteiger partial charge on any atom is 0.117 e. The highest BCUT2D eigenvalue weighted by Gasteiger charge is 2.11. The van der Waals surface area contributed by atoms with Crippen molar-refractivity contribution in [2.75, 3.05) is 25.0 Å². The summed E-state index contributed by atoms with van der Waals surface area (Å²) in [5, 5.41) is 12.7. The summed E-state index contributed by atoms with van der Waals surface area (Å²) in [6.45, 7) is 2.86. The summed E-state index contributed by atoms with van der Waals surface area (Å²) in [6, 6.07) is 5.53. The van der Waals surface area contributed by atoms with Gasteiger partial charge < -0.3 is 15.3 Å². The minimum atomic E-state index is 0.340. The number of fused-ring (bicyclic) bond motifs is 1. The molecule has 0 bridgehead atoms. The number of nitrogens with zero attached hydrogens (tertiary/aromatic N) is 1. The molecule has 0 saturated heterocycles. The Kier molecular flexibility index (Phi) is 2.10. The topological polar surface area (TPSA) is 35.5 Å². The smallest absolute Gasteiger partial charge is 0.117 e. The number of phenolic OH excluding ortho intramolecular Hbond substituents is 1. The van der Waals surface area contributed by atoms with Gasteiger partial charge in [-0.1, -0.05) is 6.07 Å². The van der Waals surface area contributed by atoms with Crippen molar-refractivity contribution in [2.24, 2.45) is 0 Å². The molecule has 1 aliphatic heterocycles. The Bertz CT molecular complexity index is 312. The van der Waals surface area contributed by atoms with E-state index in [0.29, 0.717) is 5.75 Å². The van der Waals surface area contributed by atoms with Crippen LogP contribution in [-0.2, 0) is 6.54 Å². The zero-order valence-corrected chi connectivity index (χ0v) is 7.75. The summed E-state index contributed by atoms with van der Waals surface area (Å²) in [6.07, 6.45) is 0. The Hall–Kier alpha value is -1.22. The van der Waals surface area contributed by atoms with Crippen LogP contribution in [0.1, 0.15) is 5.56 Å². The van der Waals surface area contributed by atoms with Crippen LogP contribution in [-0.4, -0.2) is 25.2 Å². The molecule has 1 aliphatic rings. The second-order valence-corrected chi connectivity index (χ2v) is 3.41. The summed E-state index contributed by atoms with van der Waals surface area (Å²) in [4.78, 5) is 2.16. The second kappa shape index (κ2) is 3.26. The van der Waals surface area contributed by atoms with Crippen LogP contribution in [0.5, 0.6) is 5.75 Å². The molecule has 1 aromatic rings. The molecule has 1 aromatic carbocycles. The third kappa shape index (κ3) is 1.60. The quantitative estimate of drug-likeness (QED) is 0.620. The van der Waals surface area contributed by atoms with E-state index in [1.165, 1.54) is 5.56 Å². The van der Waals surface area contributed by atoms with Crippen molar-refractivity contribution in [3.05, 3.63) is 23.8 Å². The van der Waals surface area contributed by atoms with Gasteiger partial charge in [-0.3, -0.25) is 0 Å². The average molecular weight is 178 g/mol. The molecule has 13 heavy (non-hydrogen) atoms. The molecule has 1 heterocycles. The molecule has 0 radical (unpaired) electrons. The van der Waals surface area contributed by atoms with Crippen molar-refractivity contribution >= 4 is 5.69 Å². The number of rotatable bonds is 0. The lowest BCUT2D eigenvalue weighted by Gasteiger charge is -2.18. The first-order valence-electron chi connectivity index (χ1n) is 4.51. The second-order valence-electron chi connectivity index (χ2n) is 3.41. The van der Waals surface area contributed by atoms with Gasteiger partial charge in [-0.15, -0.1) is 0 Å². The predicted octanol–water partition coefficient (Wildman–Crippen LogP) is 0.932. The number of hydrogen-bond donors (Lipinski definition) is 2. The van der Waals surface area contributed by atoms with E-state index in [1.807, 2.05) is 19.2 Å². The molecule has 0 fully saturated rings. The van der Waals surface area contributed by atoms with Gasteiger partial charge in [0, 0.05) is 38.4 Å². The third-order valence-electron chi connectivity index (χ3n) is 2.42. The number of nitrogens with one attached hydrogen (secondary N) is 1. The fourth-order valence-electron chi connectivity index (χ4n) is 1.65. The van der Waals surface area contributed by atoms with Crippen molar-refractivity contribution in [1.82, 2.24) is 5.32 Å². The fraction of sp³-hybridized carbons (Fsp3) is 0.400. The third-order valence-corrected chi connectivity index (χ3v) is 2.42. The minimum absolute atomic E-state index is 0.340. The fourth-order valence-corrected chi connectivity index (χ4v) is 1.65. The molecule has 0 saturated carbocycles. The highest BCUT2D eigenvalue weighted by atomic mass is 16.3. The number of aromatic hydroxyl groups is 1. The average Bonchev–Trinajstić information content (AvgIpc) is 2.29. The molecule has 0 amide bonds. The first-order valence-corrected chi connectivity index (χ1v) is 4.51. The van der Waals surface area contributed by atoms with Gasteiger partial charge in [0.15, 0.2) is 0 Å². The van der Waals surface area contributed by atoms with Crippen LogP contribution in [0.4, 0.5) is 5.69 Å². The molecule has 0 aromatic heterocycles. The maximum atomic E-state index is 9.35. The lowest BCUT2D eigenvalue weighted by molar-refractivity contribution is 0.475. The molecule has 2 N–H and O–H groups in total. The van der Waals surface area contributed by atoms with Crippen LogP contribution < -0.4 is 10.2 Å². The van der Waals surface area contributed by atoms with Crippen molar-refractivity contribution in [3.8, 4) is 5.75 Å². The van der Waals surface area contributed by atoms with Crippen LogP contribution in [0, 0.1) is 0 Å². The molecule has 3 nitrogen and oxygen atoms in total. The largest absolute Gasteiger partial charge is 0.508 e. The van der Waals surface area contributed by atoms with Gasteiger partial charge in [-0.05, 0) is 11.6 Å². The van der Waals surface area contributed by atoms with Gasteiger partial charge in [-0.25, -0.2) is 0 Å². The number of benzene rings is 1. The van der Waals surface area contributed by atoms with Gasteiger partial charge in [-0.2, -0.15) is 0 Å². The van der Waals surface area contributed by atoms with E-state index in [1.54, 1.807) is 6.07 Å². The van der Waals surface area contributed by atoms with Crippen LogP contribution in [0.15, 0.2) is 18.2 Å². The van der Waals surface area contributed by atoms with E-state index in [2.05, 4.69) is 10.2 Å². The Morgan fingerprint density at radius 3 is 3.15 bits per heavy atom. The molecule has 70 valence electrons. The number of phenols is 1. The van der Waals surface area contributed by atoms with E-state index in [4.69, 9.17) is 0 Å². The summed E-state index contributed by atoms with van der Waals surface area (Å²) >= 11 is 0. The lowest BCUT2D eigenvalue weighted by atomic mass is 10.1. The Balaban J connectivity index is 2.43. The molecule has 0 aliphatic carbocycles. The summed E-state index contributed by atoms with van der Waals surface area (Å²) in [7, 11) is 2.05. The van der Waals surface area contributed by atoms with E-state index in [-0.39, 0.29) is 0 Å². The van der Waals surface area contributed by atoms with E-state index in [0.717, 1.165) is 25.3 Å². The monoisotopic (exact) mass is 178 g/mol. The molecular formula is C10H14N2O. The Labute approximate surface area is 78.0 Å². The highest BCUT2D eigenvalue weighted by Crippen LogP contribution is 2.25. The van der Waals surface area contributed by atoms with E-state index < -0.39 is 0 Å². The highest BCUT2D eigenvalue weighted by molar-refractivity contribution is 5.57. The van der Waals surface area contributed by atoms with Gasteiger partial charge in [0.1, 0.15) is 5.75 Å². The molecule has 0 spiro atoms. The molecule has 0 atom stereocenters. The van der Waals surface area contributed by atoms with Crippen LogP contribution in [0.3, 0.4) is 0 Å². The predicted molar refractivity (Wildman–Crippen MR) is 53.1 cm³/mol. The Morgan fingerprint density at radius 1 is 1.46 bits per heavy atom. The SMILES string of the molecule is CN1CCNCc2ccc(O)cc21. The summed E-state index contributed by atoms with van der Waals surface area (Å²) in [5.41, 5.74) is 2.38. The van der Waals surface area contributed by atoms with Gasteiger partial charge in [0.2, 0.25) is 0 Å². The van der Waals surface area contributed by atoms with Crippen molar-refractivity contribution < 1.29 is 5.11 Å². The zero-order chi connectivity index (χ0) is 9.26. The molecule has 3 heteroatoms. The number of likely N-dealkylation sites (N-methyl/N-ethyl adjacent to an activating group) is 1. The van der Waals surface area contributed by atoms with E-state index in [9.17, 15) is 5.11 Å². The standard InChI is InChI=1S/C10H14N2O/c1-12-5-4-11-7-8-2-3-9(13)6-10(8)12/h2-3,6,11,13H,4-5,7H2,1H3. The zero-order valence-electron chi connectivity index (χ0n) is 7.75. The van der Waals surface area contributed by atoms with Crippen molar-refractivity contribution in [1.29, 1.82) is 0 Å². The summed E-state index contributed by atoms with van der Waals surface area (Å²) < 4.78 is 0. The molecule has 2 rings (SSSR count). The van der Waals surface area contributed by atoms with Gasteiger partial charge in [0.05, 0.1) is 0 Å². The Morgan fingerprint density at radius 2 is 2.31 bits per heavy atom. The van der Waals surface area contributed by atoms with Crippen LogP contribution >= 0.6 is 0 Å². The first kappa shape index (κ1) is 8.38. The first-order chi connectivity index (χ1) is 6.27. The maximum absolute atomic E-state index is 9.35. The van der Waals surface area contributed by atoms with Gasteiger partial charge >= 0.3 is 0 Å². The van der Waals surface area contributed by atoms with E-state index >= 15 is 0 Å². The number of hydrogen-bond acceptors (Lipinski definition) is 3. The molecule has 0 unspecified atom stereocenters. The summed E-state index contributed by atoms with van der Waals surface area (Å²) in [5.74, 6) is 0.340. The molecular weight excluding hydrogens is 164 g/mol. The lowest BCUT2D eigenvalue weighted by Crippen LogP contribution is -2.24. The van der Waals surface area contributed by atoms with Gasteiger partial charge in [0.25, 0.3) is 0 Å². The van der Waals surface area contributed by atoms with Crippen LogP contribution in [0.2, 0.25) is 0 Å². The van der Waals surface area contributed by atoms with Crippen molar-refractivity contribution in [3.63, 3.8) is 0 Å².